The van der Waals surface area contributed by atoms with E-state index in [0.717, 1.165) is 25.7 Å². The molecule has 0 unspecified atom stereocenters. The molecule has 1 aliphatic rings. The van der Waals surface area contributed by atoms with Crippen LogP contribution in [0.25, 0.3) is 0 Å². The summed E-state index contributed by atoms with van der Waals surface area (Å²) in [7, 11) is 0. The first-order valence-corrected chi connectivity index (χ1v) is 6.61. The summed E-state index contributed by atoms with van der Waals surface area (Å²) < 4.78 is 14.3. The van der Waals surface area contributed by atoms with Crippen molar-refractivity contribution in [2.24, 2.45) is 0 Å². The van der Waals surface area contributed by atoms with Crippen LogP contribution in [0.15, 0.2) is 6.33 Å². The van der Waals surface area contributed by atoms with E-state index >= 15 is 0 Å². The largest absolute Gasteiger partial charge is 0.480 e. The van der Waals surface area contributed by atoms with E-state index in [0.29, 0.717) is 12.1 Å². The Labute approximate surface area is 111 Å². The van der Waals surface area contributed by atoms with E-state index in [1.165, 1.54) is 6.33 Å². The average Bonchev–Trinajstić information content (AvgIpc) is 2.90. The van der Waals surface area contributed by atoms with Crippen molar-refractivity contribution in [3.63, 3.8) is 0 Å². The SMILES string of the molecule is CCc1ncnc(N(CC(=O)O)C2CCCC2)c1F. The highest BCUT2D eigenvalue weighted by Crippen LogP contribution is 2.29. The van der Waals surface area contributed by atoms with Crippen LogP contribution in [0.5, 0.6) is 0 Å². The number of aryl methyl sites for hydroxylation is 1. The van der Waals surface area contributed by atoms with Crippen LogP contribution in [0.3, 0.4) is 0 Å². The molecule has 0 amide bonds. The minimum Gasteiger partial charge on any atom is -0.480 e. The normalized spacial score (nSPS) is 15.7. The molecule has 1 saturated carbocycles. The van der Waals surface area contributed by atoms with Gasteiger partial charge in [-0.2, -0.15) is 0 Å². The molecular weight excluding hydrogens is 249 g/mol. The summed E-state index contributed by atoms with van der Waals surface area (Å²) in [5.41, 5.74) is 0.332. The minimum absolute atomic E-state index is 0.0604. The van der Waals surface area contributed by atoms with Crippen molar-refractivity contribution in [1.82, 2.24) is 9.97 Å². The third-order valence-electron chi connectivity index (χ3n) is 3.52. The Morgan fingerprint density at radius 2 is 2.16 bits per heavy atom. The average molecular weight is 267 g/mol. The van der Waals surface area contributed by atoms with Crippen molar-refractivity contribution >= 4 is 11.8 Å². The predicted octanol–water partition coefficient (Wildman–Crippen LogP) is 2.01. The van der Waals surface area contributed by atoms with Crippen LogP contribution >= 0.6 is 0 Å². The Balaban J connectivity index is 2.34. The smallest absolute Gasteiger partial charge is 0.323 e. The number of anilines is 1. The monoisotopic (exact) mass is 267 g/mol. The molecule has 1 aromatic rings. The molecule has 0 bridgehead atoms. The van der Waals surface area contributed by atoms with Crippen LogP contribution in [0, 0.1) is 5.82 Å². The molecule has 0 radical (unpaired) electrons. The van der Waals surface area contributed by atoms with Gasteiger partial charge in [0.2, 0.25) is 0 Å². The molecule has 1 aliphatic carbocycles. The second-order valence-electron chi connectivity index (χ2n) is 4.77. The van der Waals surface area contributed by atoms with Gasteiger partial charge in [-0.05, 0) is 19.3 Å². The first-order chi connectivity index (χ1) is 9.13. The summed E-state index contributed by atoms with van der Waals surface area (Å²) in [6.45, 7) is 1.59. The van der Waals surface area contributed by atoms with Gasteiger partial charge in [0.1, 0.15) is 12.9 Å². The lowest BCUT2D eigenvalue weighted by atomic mass is 10.2. The van der Waals surface area contributed by atoms with E-state index in [1.807, 2.05) is 6.92 Å². The molecule has 6 heteroatoms. The molecule has 1 fully saturated rings. The van der Waals surface area contributed by atoms with Gasteiger partial charge < -0.3 is 10.0 Å². The number of aliphatic carboxylic acids is 1. The Bertz CT molecular complexity index is 461. The molecule has 0 aromatic carbocycles. The van der Waals surface area contributed by atoms with Crippen LogP contribution in [0.4, 0.5) is 10.2 Å². The molecule has 0 spiro atoms. The number of carbonyl (C=O) groups is 1. The van der Waals surface area contributed by atoms with Crippen molar-refractivity contribution in [1.29, 1.82) is 0 Å². The zero-order valence-corrected chi connectivity index (χ0v) is 11.0. The predicted molar refractivity (Wildman–Crippen MR) is 68.6 cm³/mol. The number of carboxylic acids is 1. The van der Waals surface area contributed by atoms with Gasteiger partial charge in [0.25, 0.3) is 0 Å². The maximum Gasteiger partial charge on any atom is 0.323 e. The second kappa shape index (κ2) is 5.95. The number of nitrogens with zero attached hydrogens (tertiary/aromatic N) is 3. The molecule has 1 aromatic heterocycles. The lowest BCUT2D eigenvalue weighted by Crippen LogP contribution is -2.39. The van der Waals surface area contributed by atoms with E-state index in [9.17, 15) is 9.18 Å². The lowest BCUT2D eigenvalue weighted by molar-refractivity contribution is -0.135. The number of hydrogen-bond acceptors (Lipinski definition) is 4. The van der Waals surface area contributed by atoms with E-state index in [4.69, 9.17) is 5.11 Å². The molecular formula is C13H18FN3O2. The Morgan fingerprint density at radius 1 is 1.47 bits per heavy atom. The molecule has 19 heavy (non-hydrogen) atoms. The van der Waals surface area contributed by atoms with Gasteiger partial charge in [-0.1, -0.05) is 19.8 Å². The summed E-state index contributed by atoms with van der Waals surface area (Å²) in [6.07, 6.45) is 5.65. The fraction of sp³-hybridized carbons (Fsp3) is 0.615. The van der Waals surface area contributed by atoms with E-state index in [2.05, 4.69) is 9.97 Å². The van der Waals surface area contributed by atoms with Gasteiger partial charge in [0.05, 0.1) is 5.69 Å². The molecule has 0 aliphatic heterocycles. The summed E-state index contributed by atoms with van der Waals surface area (Å²) >= 11 is 0. The molecule has 1 heterocycles. The summed E-state index contributed by atoms with van der Waals surface area (Å²) in [5, 5.41) is 9.02. The van der Waals surface area contributed by atoms with Crippen LogP contribution in [-0.2, 0) is 11.2 Å². The topological polar surface area (TPSA) is 66.3 Å². The molecule has 5 nitrogen and oxygen atoms in total. The number of rotatable bonds is 5. The maximum absolute atomic E-state index is 14.3. The summed E-state index contributed by atoms with van der Waals surface area (Å²) in [4.78, 5) is 20.4. The summed E-state index contributed by atoms with van der Waals surface area (Å²) in [5.74, 6) is -1.33. The highest BCUT2D eigenvalue weighted by Gasteiger charge is 2.28. The molecule has 1 N–H and O–H groups in total. The Kier molecular flexibility index (Phi) is 4.29. The fourth-order valence-corrected chi connectivity index (χ4v) is 2.58. The third kappa shape index (κ3) is 3.00. The van der Waals surface area contributed by atoms with Gasteiger partial charge in [-0.15, -0.1) is 0 Å². The van der Waals surface area contributed by atoms with Crippen molar-refractivity contribution in [3.05, 3.63) is 17.8 Å². The van der Waals surface area contributed by atoms with Gasteiger partial charge >= 0.3 is 5.97 Å². The fourth-order valence-electron chi connectivity index (χ4n) is 2.58. The van der Waals surface area contributed by atoms with Crippen molar-refractivity contribution in [3.8, 4) is 0 Å². The highest BCUT2D eigenvalue weighted by atomic mass is 19.1. The van der Waals surface area contributed by atoms with Gasteiger partial charge in [-0.25, -0.2) is 14.4 Å². The Morgan fingerprint density at radius 3 is 2.74 bits per heavy atom. The quantitative estimate of drug-likeness (QED) is 0.884. The third-order valence-corrected chi connectivity index (χ3v) is 3.52. The first kappa shape index (κ1) is 13.7. The van der Waals surface area contributed by atoms with Gasteiger partial charge in [0.15, 0.2) is 11.6 Å². The molecule has 0 atom stereocenters. The van der Waals surface area contributed by atoms with Crippen molar-refractivity contribution in [2.45, 2.75) is 45.1 Å². The van der Waals surface area contributed by atoms with Crippen molar-refractivity contribution < 1.29 is 14.3 Å². The highest BCUT2D eigenvalue weighted by molar-refractivity contribution is 5.73. The molecule has 104 valence electrons. The maximum atomic E-state index is 14.3. The number of halogens is 1. The van der Waals surface area contributed by atoms with Crippen LogP contribution < -0.4 is 4.90 Å². The zero-order chi connectivity index (χ0) is 13.8. The molecule has 2 rings (SSSR count). The molecule has 0 saturated heterocycles. The van der Waals surface area contributed by atoms with Crippen molar-refractivity contribution in [2.75, 3.05) is 11.4 Å². The Hall–Kier alpha value is -1.72. The van der Waals surface area contributed by atoms with E-state index in [-0.39, 0.29) is 18.4 Å². The van der Waals surface area contributed by atoms with Gasteiger partial charge in [-0.3, -0.25) is 4.79 Å². The number of hydrogen-bond donors (Lipinski definition) is 1. The minimum atomic E-state index is -0.969. The second-order valence-corrected chi connectivity index (χ2v) is 4.77. The lowest BCUT2D eigenvalue weighted by Gasteiger charge is -2.28. The number of aromatic nitrogens is 2. The zero-order valence-electron chi connectivity index (χ0n) is 11.0. The van der Waals surface area contributed by atoms with E-state index < -0.39 is 11.8 Å². The van der Waals surface area contributed by atoms with E-state index in [1.54, 1.807) is 4.90 Å². The van der Waals surface area contributed by atoms with Crippen LogP contribution in [-0.4, -0.2) is 33.6 Å². The van der Waals surface area contributed by atoms with Gasteiger partial charge in [0, 0.05) is 6.04 Å². The standard InChI is InChI=1S/C13H18FN3O2/c1-2-10-12(14)13(16-8-15-10)17(7-11(18)19)9-5-3-4-6-9/h8-9H,2-7H2,1H3,(H,18,19). The van der Waals surface area contributed by atoms with Crippen LogP contribution in [0.2, 0.25) is 0 Å². The summed E-state index contributed by atoms with van der Waals surface area (Å²) in [6, 6.07) is 0.0604. The number of carboxylic acid groups (broad SMARTS) is 1. The first-order valence-electron chi connectivity index (χ1n) is 6.61. The van der Waals surface area contributed by atoms with Crippen LogP contribution in [0.1, 0.15) is 38.3 Å².